The van der Waals surface area contributed by atoms with Crippen molar-refractivity contribution in [1.29, 1.82) is 0 Å². The second-order valence-electron chi connectivity index (χ2n) is 9.73. The maximum atomic E-state index is 13.2. The first-order chi connectivity index (χ1) is 15.9. The number of fused-ring (bicyclic) bond motifs is 1. The van der Waals surface area contributed by atoms with E-state index in [1.165, 1.54) is 10.5 Å². The van der Waals surface area contributed by atoms with Crippen molar-refractivity contribution in [3.05, 3.63) is 46.2 Å². The Balaban J connectivity index is 1.14. The van der Waals surface area contributed by atoms with Crippen molar-refractivity contribution >= 4 is 23.3 Å². The molecule has 0 bridgehead atoms. The van der Waals surface area contributed by atoms with Gasteiger partial charge in [-0.05, 0) is 91.2 Å². The monoisotopic (exact) mass is 469 g/mol. The molecule has 176 valence electrons. The number of amides is 3. The van der Waals surface area contributed by atoms with E-state index in [9.17, 15) is 9.59 Å². The summed E-state index contributed by atoms with van der Waals surface area (Å²) in [6.45, 7) is 7.74. The summed E-state index contributed by atoms with van der Waals surface area (Å²) < 4.78 is 10.9. The molecule has 1 N–H and O–H groups in total. The smallest absolute Gasteiger partial charge is 0.325 e. The fourth-order valence-electron chi connectivity index (χ4n) is 5.37. The Bertz CT molecular complexity index is 1020. The van der Waals surface area contributed by atoms with Gasteiger partial charge in [0, 0.05) is 6.54 Å². The van der Waals surface area contributed by atoms with E-state index in [0.29, 0.717) is 19.3 Å². The van der Waals surface area contributed by atoms with Crippen LogP contribution in [-0.2, 0) is 17.8 Å². The zero-order chi connectivity index (χ0) is 23.0. The first kappa shape index (κ1) is 22.2. The third-order valence-corrected chi connectivity index (χ3v) is 7.95. The molecule has 8 heteroatoms. The Hall–Kier alpha value is -2.58. The van der Waals surface area contributed by atoms with Gasteiger partial charge in [-0.1, -0.05) is 13.0 Å². The summed E-state index contributed by atoms with van der Waals surface area (Å²) >= 11 is 1.58. The molecule has 3 aliphatic rings. The highest BCUT2D eigenvalue weighted by atomic mass is 32.1. The van der Waals surface area contributed by atoms with Crippen LogP contribution in [0.2, 0.25) is 0 Å². The van der Waals surface area contributed by atoms with E-state index < -0.39 is 5.54 Å². The molecule has 0 aliphatic carbocycles. The molecule has 1 aromatic heterocycles. The number of benzene rings is 1. The standard InChI is InChI=1S/C25H31N3O4S/c1-17(11-18-3-4-21-22(12-18)32-16-31-21)13-27-8-5-20(6-9-27)25(2)23(29)28(24(30)26-25)14-19-7-10-33-15-19/h3-4,7,10,12,15,17,20H,5-6,8-9,11,13-14,16H2,1-2H3,(H,26,30)/t17-,25+/m1/s1. The summed E-state index contributed by atoms with van der Waals surface area (Å²) in [5.74, 6) is 2.23. The third-order valence-electron chi connectivity index (χ3n) is 7.22. The van der Waals surface area contributed by atoms with Crippen LogP contribution in [0, 0.1) is 11.8 Å². The number of carbonyl (C=O) groups excluding carboxylic acids is 2. The first-order valence-electron chi connectivity index (χ1n) is 11.7. The number of hydrogen-bond donors (Lipinski definition) is 1. The Morgan fingerprint density at radius 3 is 2.70 bits per heavy atom. The molecule has 2 saturated heterocycles. The number of imide groups is 1. The fourth-order valence-corrected chi connectivity index (χ4v) is 6.03. The summed E-state index contributed by atoms with van der Waals surface area (Å²) in [4.78, 5) is 29.7. The van der Waals surface area contributed by atoms with Crippen LogP contribution in [0.5, 0.6) is 11.5 Å². The normalized spacial score (nSPS) is 24.4. The number of thiophene rings is 1. The summed E-state index contributed by atoms with van der Waals surface area (Å²) in [6, 6.07) is 7.89. The molecule has 7 nitrogen and oxygen atoms in total. The predicted octanol–water partition coefficient (Wildman–Crippen LogP) is 3.88. The molecule has 5 rings (SSSR count). The van der Waals surface area contributed by atoms with E-state index in [-0.39, 0.29) is 17.9 Å². The van der Waals surface area contributed by atoms with Gasteiger partial charge in [0.15, 0.2) is 11.5 Å². The lowest BCUT2D eigenvalue weighted by Gasteiger charge is -2.39. The van der Waals surface area contributed by atoms with Gasteiger partial charge in [0.2, 0.25) is 6.79 Å². The van der Waals surface area contributed by atoms with Crippen molar-refractivity contribution in [2.45, 2.75) is 45.2 Å². The van der Waals surface area contributed by atoms with Crippen molar-refractivity contribution in [2.24, 2.45) is 11.8 Å². The molecule has 2 atom stereocenters. The largest absolute Gasteiger partial charge is 0.454 e. The van der Waals surface area contributed by atoms with Crippen LogP contribution in [0.25, 0.3) is 0 Å². The molecule has 1 aromatic carbocycles. The number of nitrogens with zero attached hydrogens (tertiary/aromatic N) is 2. The zero-order valence-electron chi connectivity index (χ0n) is 19.2. The Labute approximate surface area is 198 Å². The minimum absolute atomic E-state index is 0.0895. The molecule has 0 spiro atoms. The van der Waals surface area contributed by atoms with E-state index in [1.54, 1.807) is 11.3 Å². The van der Waals surface area contributed by atoms with Crippen LogP contribution in [0.3, 0.4) is 0 Å². The van der Waals surface area contributed by atoms with Gasteiger partial charge in [-0.25, -0.2) is 4.79 Å². The number of rotatable bonds is 7. The molecule has 0 unspecified atom stereocenters. The van der Waals surface area contributed by atoms with E-state index in [0.717, 1.165) is 56.0 Å². The topological polar surface area (TPSA) is 71.1 Å². The van der Waals surface area contributed by atoms with Gasteiger partial charge in [-0.15, -0.1) is 0 Å². The molecule has 3 amide bonds. The third kappa shape index (κ3) is 4.46. The van der Waals surface area contributed by atoms with E-state index in [4.69, 9.17) is 9.47 Å². The van der Waals surface area contributed by atoms with Crippen LogP contribution in [-0.4, -0.2) is 53.7 Å². The number of urea groups is 1. The molecule has 33 heavy (non-hydrogen) atoms. The second kappa shape index (κ2) is 8.99. The predicted molar refractivity (Wildman–Crippen MR) is 126 cm³/mol. The van der Waals surface area contributed by atoms with Crippen LogP contribution < -0.4 is 14.8 Å². The number of likely N-dealkylation sites (tertiary alicyclic amines) is 1. The number of nitrogens with one attached hydrogen (secondary N) is 1. The SMILES string of the molecule is C[C@H](Cc1ccc2c(c1)OCO2)CN1CCC([C@]2(C)NC(=O)N(Cc3ccsc3)C2=O)CC1. The summed E-state index contributed by atoms with van der Waals surface area (Å²) in [6.07, 6.45) is 2.80. The Morgan fingerprint density at radius 1 is 1.15 bits per heavy atom. The minimum atomic E-state index is -0.808. The lowest BCUT2D eigenvalue weighted by atomic mass is 9.78. The van der Waals surface area contributed by atoms with Crippen LogP contribution >= 0.6 is 11.3 Å². The first-order valence-corrected chi connectivity index (χ1v) is 12.6. The Morgan fingerprint density at radius 2 is 1.94 bits per heavy atom. The van der Waals surface area contributed by atoms with Crippen LogP contribution in [0.15, 0.2) is 35.0 Å². The maximum Gasteiger partial charge on any atom is 0.325 e. The van der Waals surface area contributed by atoms with Gasteiger partial charge < -0.3 is 19.7 Å². The average molecular weight is 470 g/mol. The Kier molecular flexibility index (Phi) is 6.05. The maximum absolute atomic E-state index is 13.2. The lowest BCUT2D eigenvalue weighted by Crippen LogP contribution is -2.54. The van der Waals surface area contributed by atoms with Crippen molar-refractivity contribution < 1.29 is 19.1 Å². The molecule has 3 aliphatic heterocycles. The summed E-state index contributed by atoms with van der Waals surface area (Å²) in [5, 5.41) is 6.98. The van der Waals surface area contributed by atoms with Gasteiger partial charge in [-0.2, -0.15) is 11.3 Å². The summed E-state index contributed by atoms with van der Waals surface area (Å²) in [5.41, 5.74) is 1.45. The highest BCUT2D eigenvalue weighted by molar-refractivity contribution is 7.07. The highest BCUT2D eigenvalue weighted by Crippen LogP contribution is 2.35. The number of carbonyl (C=O) groups is 2. The average Bonchev–Trinajstić information content (AvgIpc) is 3.52. The second-order valence-corrected chi connectivity index (χ2v) is 10.5. The molecule has 0 radical (unpaired) electrons. The van der Waals surface area contributed by atoms with Gasteiger partial charge >= 0.3 is 6.03 Å². The summed E-state index contributed by atoms with van der Waals surface area (Å²) in [7, 11) is 0. The van der Waals surface area contributed by atoms with E-state index in [2.05, 4.69) is 29.3 Å². The van der Waals surface area contributed by atoms with Gasteiger partial charge in [0.25, 0.3) is 5.91 Å². The van der Waals surface area contributed by atoms with Crippen LogP contribution in [0.1, 0.15) is 37.8 Å². The minimum Gasteiger partial charge on any atom is -0.454 e. The molecule has 2 aromatic rings. The molecular weight excluding hydrogens is 438 g/mol. The zero-order valence-corrected chi connectivity index (χ0v) is 20.0. The molecule has 2 fully saturated rings. The van der Waals surface area contributed by atoms with E-state index in [1.807, 2.05) is 29.8 Å². The quantitative estimate of drug-likeness (QED) is 0.623. The van der Waals surface area contributed by atoms with Crippen molar-refractivity contribution in [1.82, 2.24) is 15.1 Å². The fraction of sp³-hybridized carbons (Fsp3) is 0.520. The van der Waals surface area contributed by atoms with Crippen LogP contribution in [0.4, 0.5) is 4.79 Å². The van der Waals surface area contributed by atoms with Crippen molar-refractivity contribution in [3.8, 4) is 11.5 Å². The number of piperidine rings is 1. The van der Waals surface area contributed by atoms with E-state index >= 15 is 0 Å². The molecule has 0 saturated carbocycles. The highest BCUT2D eigenvalue weighted by Gasteiger charge is 2.52. The van der Waals surface area contributed by atoms with Crippen molar-refractivity contribution in [3.63, 3.8) is 0 Å². The van der Waals surface area contributed by atoms with Gasteiger partial charge in [-0.3, -0.25) is 9.69 Å². The lowest BCUT2D eigenvalue weighted by molar-refractivity contribution is -0.133. The number of hydrogen-bond acceptors (Lipinski definition) is 6. The van der Waals surface area contributed by atoms with Crippen molar-refractivity contribution in [2.75, 3.05) is 26.4 Å². The molecule has 4 heterocycles. The van der Waals surface area contributed by atoms with Gasteiger partial charge in [0.1, 0.15) is 5.54 Å². The number of ether oxygens (including phenoxy) is 2. The molecular formula is C25H31N3O4S. The van der Waals surface area contributed by atoms with Gasteiger partial charge in [0.05, 0.1) is 6.54 Å².